The van der Waals surface area contributed by atoms with Crippen LogP contribution < -0.4 is 10.2 Å². The highest BCUT2D eigenvalue weighted by Gasteiger charge is 2.19. The van der Waals surface area contributed by atoms with Gasteiger partial charge in [-0.25, -0.2) is 0 Å². The average Bonchev–Trinajstić information content (AvgIpc) is 2.61. The predicted molar refractivity (Wildman–Crippen MR) is 98.4 cm³/mol. The van der Waals surface area contributed by atoms with Gasteiger partial charge in [0, 0.05) is 17.1 Å². The molecule has 0 aliphatic carbocycles. The molecule has 122 valence electrons. The lowest BCUT2D eigenvalue weighted by molar-refractivity contribution is -0.115. The lowest BCUT2D eigenvalue weighted by Crippen LogP contribution is -2.36. The van der Waals surface area contributed by atoms with Crippen LogP contribution in [0.4, 0.5) is 11.4 Å². The van der Waals surface area contributed by atoms with Crippen molar-refractivity contribution in [3.05, 3.63) is 54.1 Å². The van der Waals surface area contributed by atoms with Crippen LogP contribution in [0.2, 0.25) is 0 Å². The number of nitriles is 1. The molecular weight excluding hydrogens is 318 g/mol. The number of amides is 1. The van der Waals surface area contributed by atoms with Crippen LogP contribution in [0.15, 0.2) is 53.4 Å². The van der Waals surface area contributed by atoms with Crippen LogP contribution in [0.1, 0.15) is 12.0 Å². The second kappa shape index (κ2) is 7.89. The maximum atomic E-state index is 12.5. The van der Waals surface area contributed by atoms with Gasteiger partial charge in [0.1, 0.15) is 0 Å². The van der Waals surface area contributed by atoms with Crippen molar-refractivity contribution in [1.29, 1.82) is 5.26 Å². The molecule has 5 heteroatoms. The van der Waals surface area contributed by atoms with Crippen LogP contribution in [0.25, 0.3) is 0 Å². The molecule has 0 bridgehead atoms. The Labute approximate surface area is 146 Å². The van der Waals surface area contributed by atoms with Crippen molar-refractivity contribution >= 4 is 29.0 Å². The van der Waals surface area contributed by atoms with E-state index in [-0.39, 0.29) is 5.91 Å². The zero-order valence-electron chi connectivity index (χ0n) is 13.4. The summed E-state index contributed by atoms with van der Waals surface area (Å²) in [6.45, 7) is 1.24. The summed E-state index contributed by atoms with van der Waals surface area (Å²) >= 11 is 1.43. The van der Waals surface area contributed by atoms with Crippen molar-refractivity contribution in [3.8, 4) is 6.07 Å². The number of hydrogen-bond donors (Lipinski definition) is 1. The van der Waals surface area contributed by atoms with E-state index in [0.29, 0.717) is 12.3 Å². The molecule has 1 N–H and O–H groups in total. The molecule has 0 radical (unpaired) electrons. The zero-order chi connectivity index (χ0) is 16.8. The number of fused-ring (bicyclic) bond motifs is 1. The lowest BCUT2D eigenvalue weighted by atomic mass is 10.0. The molecule has 0 saturated heterocycles. The van der Waals surface area contributed by atoms with Gasteiger partial charge < -0.3 is 10.2 Å². The highest BCUT2D eigenvalue weighted by Crippen LogP contribution is 2.28. The van der Waals surface area contributed by atoms with Crippen molar-refractivity contribution in [2.24, 2.45) is 0 Å². The van der Waals surface area contributed by atoms with Gasteiger partial charge in [-0.05, 0) is 36.6 Å². The van der Waals surface area contributed by atoms with E-state index in [0.717, 1.165) is 35.7 Å². The summed E-state index contributed by atoms with van der Waals surface area (Å²) in [7, 11) is 0. The van der Waals surface area contributed by atoms with Gasteiger partial charge in [0.25, 0.3) is 0 Å². The number of nitrogens with one attached hydrogen (secondary N) is 1. The van der Waals surface area contributed by atoms with E-state index in [1.807, 2.05) is 36.4 Å². The molecule has 0 aromatic heterocycles. The summed E-state index contributed by atoms with van der Waals surface area (Å²) in [6, 6.07) is 18.0. The monoisotopic (exact) mass is 337 g/mol. The Morgan fingerprint density at radius 2 is 2.00 bits per heavy atom. The van der Waals surface area contributed by atoms with Crippen LogP contribution >= 0.6 is 11.8 Å². The number of thioether (sulfide) groups is 1. The Balaban J connectivity index is 1.68. The lowest BCUT2D eigenvalue weighted by Gasteiger charge is -2.30. The summed E-state index contributed by atoms with van der Waals surface area (Å²) in [5.74, 6) is 0.337. The molecule has 1 aliphatic rings. The molecular formula is C19H19N3OS. The normalized spacial score (nSPS) is 13.0. The number of benzene rings is 2. The summed E-state index contributed by atoms with van der Waals surface area (Å²) in [4.78, 5) is 15.6. The molecule has 1 amide bonds. The molecule has 1 heterocycles. The first-order valence-corrected chi connectivity index (χ1v) is 8.98. The molecule has 4 nitrogen and oxygen atoms in total. The van der Waals surface area contributed by atoms with Crippen molar-refractivity contribution in [2.45, 2.75) is 17.7 Å². The van der Waals surface area contributed by atoms with E-state index in [2.05, 4.69) is 28.4 Å². The van der Waals surface area contributed by atoms with Gasteiger partial charge >= 0.3 is 0 Å². The van der Waals surface area contributed by atoms with E-state index in [1.54, 1.807) is 0 Å². The Morgan fingerprint density at radius 1 is 1.21 bits per heavy atom. The topological polar surface area (TPSA) is 56.1 Å². The second-order valence-electron chi connectivity index (χ2n) is 5.64. The van der Waals surface area contributed by atoms with E-state index >= 15 is 0 Å². The Hall–Kier alpha value is -2.45. The van der Waals surface area contributed by atoms with E-state index < -0.39 is 0 Å². The quantitative estimate of drug-likeness (QED) is 0.845. The minimum Gasteiger partial charge on any atom is -0.362 e. The van der Waals surface area contributed by atoms with Crippen LogP contribution in [-0.4, -0.2) is 24.7 Å². The maximum absolute atomic E-state index is 12.5. The Morgan fingerprint density at radius 3 is 2.88 bits per heavy atom. The summed E-state index contributed by atoms with van der Waals surface area (Å²) in [6.07, 6.45) is 2.14. The maximum Gasteiger partial charge on any atom is 0.243 e. The van der Waals surface area contributed by atoms with Crippen molar-refractivity contribution in [1.82, 2.24) is 0 Å². The Kier molecular flexibility index (Phi) is 5.39. The molecule has 2 aromatic carbocycles. The molecule has 2 aromatic rings. The fourth-order valence-corrected chi connectivity index (χ4v) is 3.61. The largest absolute Gasteiger partial charge is 0.362 e. The van der Waals surface area contributed by atoms with Crippen LogP contribution in [0, 0.1) is 11.3 Å². The van der Waals surface area contributed by atoms with Gasteiger partial charge in [-0.2, -0.15) is 5.26 Å². The second-order valence-corrected chi connectivity index (χ2v) is 6.66. The van der Waals surface area contributed by atoms with Gasteiger partial charge in [0.15, 0.2) is 0 Å². The highest BCUT2D eigenvalue weighted by molar-refractivity contribution is 7.99. The minimum absolute atomic E-state index is 0.0308. The number of carbonyl (C=O) groups excluding carboxylic acids is 1. The van der Waals surface area contributed by atoms with Crippen molar-refractivity contribution in [2.75, 3.05) is 29.1 Å². The fraction of sp³-hybridized carbons (Fsp3) is 0.263. The molecule has 0 unspecified atom stereocenters. The molecule has 24 heavy (non-hydrogen) atoms. The number of nitrogens with zero attached hydrogens (tertiary/aromatic N) is 2. The van der Waals surface area contributed by atoms with Gasteiger partial charge in [-0.1, -0.05) is 30.3 Å². The molecule has 0 saturated carbocycles. The van der Waals surface area contributed by atoms with Gasteiger partial charge in [0.05, 0.1) is 24.1 Å². The third-order valence-corrected chi connectivity index (χ3v) is 4.93. The van der Waals surface area contributed by atoms with Crippen molar-refractivity contribution < 1.29 is 4.79 Å². The third-order valence-electron chi connectivity index (χ3n) is 3.99. The van der Waals surface area contributed by atoms with E-state index in [9.17, 15) is 4.79 Å². The standard InChI is InChI=1S/C19H19N3OS/c20-11-13-24-18-10-4-2-8-16(18)21-19(23)14-22-12-5-7-15-6-1-3-9-17(15)22/h1-4,6,8-10H,5,7,12-14H2,(H,21,23). The predicted octanol–water partition coefficient (Wildman–Crippen LogP) is 3.69. The molecule has 3 rings (SSSR count). The van der Waals surface area contributed by atoms with E-state index in [4.69, 9.17) is 5.26 Å². The van der Waals surface area contributed by atoms with Gasteiger partial charge in [0.2, 0.25) is 5.91 Å². The number of carbonyl (C=O) groups is 1. The number of para-hydroxylation sites is 2. The molecule has 0 spiro atoms. The molecule has 1 aliphatic heterocycles. The summed E-state index contributed by atoms with van der Waals surface area (Å²) in [5, 5.41) is 11.7. The summed E-state index contributed by atoms with van der Waals surface area (Å²) in [5.41, 5.74) is 3.24. The number of anilines is 2. The zero-order valence-corrected chi connectivity index (χ0v) is 14.2. The first kappa shape index (κ1) is 16.4. The molecule has 0 atom stereocenters. The highest BCUT2D eigenvalue weighted by atomic mass is 32.2. The smallest absolute Gasteiger partial charge is 0.243 e. The SMILES string of the molecule is N#CCSc1ccccc1NC(=O)CN1CCCc2ccccc21. The van der Waals surface area contributed by atoms with Gasteiger partial charge in [-0.3, -0.25) is 4.79 Å². The number of rotatable bonds is 5. The first-order chi connectivity index (χ1) is 11.8. The number of hydrogen-bond acceptors (Lipinski definition) is 4. The minimum atomic E-state index is -0.0308. The average molecular weight is 337 g/mol. The van der Waals surface area contributed by atoms with E-state index in [1.165, 1.54) is 17.3 Å². The Bertz CT molecular complexity index is 769. The fourth-order valence-electron chi connectivity index (χ4n) is 2.94. The molecule has 0 fully saturated rings. The van der Waals surface area contributed by atoms with Crippen LogP contribution in [-0.2, 0) is 11.2 Å². The van der Waals surface area contributed by atoms with Crippen LogP contribution in [0.3, 0.4) is 0 Å². The third kappa shape index (κ3) is 3.90. The van der Waals surface area contributed by atoms with Gasteiger partial charge in [-0.15, -0.1) is 11.8 Å². The summed E-state index contributed by atoms with van der Waals surface area (Å²) < 4.78 is 0. The first-order valence-electron chi connectivity index (χ1n) is 7.99. The van der Waals surface area contributed by atoms with Crippen LogP contribution in [0.5, 0.6) is 0 Å². The number of aryl methyl sites for hydroxylation is 1. The van der Waals surface area contributed by atoms with Crippen molar-refractivity contribution in [3.63, 3.8) is 0 Å².